The van der Waals surface area contributed by atoms with Gasteiger partial charge in [0, 0.05) is 18.0 Å². The van der Waals surface area contributed by atoms with E-state index in [0.717, 1.165) is 23.6 Å². The van der Waals surface area contributed by atoms with Crippen molar-refractivity contribution in [2.24, 2.45) is 0 Å². The fourth-order valence-corrected chi connectivity index (χ4v) is 1.67. The van der Waals surface area contributed by atoms with Gasteiger partial charge in [0.1, 0.15) is 0 Å². The molecule has 0 fully saturated rings. The van der Waals surface area contributed by atoms with Gasteiger partial charge in [-0.15, -0.1) is 0 Å². The van der Waals surface area contributed by atoms with E-state index in [1.807, 2.05) is 11.6 Å². The van der Waals surface area contributed by atoms with Gasteiger partial charge < -0.3 is 0 Å². The maximum atomic E-state index is 4.48. The molecule has 0 radical (unpaired) electrons. The smallest absolute Gasteiger partial charge is 0.0876 e. The lowest BCUT2D eigenvalue weighted by molar-refractivity contribution is 0.644. The first kappa shape index (κ1) is 11.2. The minimum Gasteiger partial charge on any atom is -0.268 e. The highest BCUT2D eigenvalue weighted by atomic mass is 32.2. The molecule has 0 saturated heterocycles. The highest BCUT2D eigenvalue weighted by molar-refractivity contribution is 8.13. The largest absolute Gasteiger partial charge is 0.268 e. The number of hydrogen-bond acceptors (Lipinski definition) is 1. The average Bonchev–Trinajstić information content (AvgIpc) is 2.43. The number of rotatable bonds is 4. The van der Waals surface area contributed by atoms with Crippen molar-refractivity contribution in [3.63, 3.8) is 0 Å². The molecule has 0 aromatic carbocycles. The molecule has 78 valence electrons. The Bertz CT molecular complexity index is 363. The summed E-state index contributed by atoms with van der Waals surface area (Å²) in [6, 6.07) is 2.08. The van der Waals surface area contributed by atoms with Crippen LogP contribution in [0.4, 0.5) is 0 Å². The second-order valence-corrected chi connectivity index (χ2v) is 5.63. The highest BCUT2D eigenvalue weighted by Gasteiger charge is 2.03. The predicted octanol–water partition coefficient (Wildman–Crippen LogP) is 2.56. The van der Waals surface area contributed by atoms with E-state index >= 15 is 0 Å². The fourth-order valence-electron chi connectivity index (χ4n) is 1.19. The van der Waals surface area contributed by atoms with Crippen molar-refractivity contribution in [3.05, 3.63) is 24.0 Å². The van der Waals surface area contributed by atoms with Gasteiger partial charge in [0.15, 0.2) is 0 Å². The van der Waals surface area contributed by atoms with Crippen LogP contribution in [0, 0.1) is 6.92 Å². The minimum atomic E-state index is 0.241. The summed E-state index contributed by atoms with van der Waals surface area (Å²) in [6.07, 6.45) is 2.15. The van der Waals surface area contributed by atoms with Gasteiger partial charge in [-0.3, -0.25) is 4.68 Å². The van der Waals surface area contributed by atoms with E-state index in [-0.39, 0.29) is 10.5 Å². The molecule has 14 heavy (non-hydrogen) atoms. The molecular formula is C11H18N2S. The van der Waals surface area contributed by atoms with Crippen LogP contribution in [-0.4, -0.2) is 27.7 Å². The zero-order valence-corrected chi connectivity index (χ0v) is 10.0. The van der Waals surface area contributed by atoms with Gasteiger partial charge in [-0.05, 0) is 31.7 Å². The third-order valence-electron chi connectivity index (χ3n) is 2.07. The van der Waals surface area contributed by atoms with Crippen LogP contribution in [0.15, 0.2) is 12.6 Å². The molecule has 2 nitrogen and oxygen atoms in total. The zero-order chi connectivity index (χ0) is 10.7. The lowest BCUT2D eigenvalue weighted by Gasteiger charge is -2.03. The van der Waals surface area contributed by atoms with E-state index in [0.29, 0.717) is 0 Å². The van der Waals surface area contributed by atoms with E-state index in [1.54, 1.807) is 0 Å². The van der Waals surface area contributed by atoms with E-state index in [1.165, 1.54) is 5.69 Å². The predicted molar refractivity (Wildman–Crippen MR) is 67.2 cm³/mol. The van der Waals surface area contributed by atoms with Crippen molar-refractivity contribution in [2.45, 2.75) is 20.4 Å². The van der Waals surface area contributed by atoms with Crippen LogP contribution >= 0.6 is 10.5 Å². The Balaban J connectivity index is 2.77. The van der Waals surface area contributed by atoms with Crippen molar-refractivity contribution in [1.29, 1.82) is 0 Å². The summed E-state index contributed by atoms with van der Waals surface area (Å²) in [5.41, 5.74) is 3.23. The number of aryl methyl sites for hydroxylation is 2. The summed E-state index contributed by atoms with van der Waals surface area (Å²) in [6.45, 7) is 8.91. The summed E-state index contributed by atoms with van der Waals surface area (Å²) in [4.78, 5) is 0. The van der Waals surface area contributed by atoms with Gasteiger partial charge in [0.2, 0.25) is 0 Å². The van der Waals surface area contributed by atoms with Gasteiger partial charge in [0.25, 0.3) is 0 Å². The third-order valence-corrected chi connectivity index (χ3v) is 2.95. The molecule has 0 N–H and O–H groups in total. The monoisotopic (exact) mass is 210 g/mol. The lowest BCUT2D eigenvalue weighted by Crippen LogP contribution is -2.05. The molecule has 1 atom stereocenters. The quantitative estimate of drug-likeness (QED) is 0.698. The molecule has 0 amide bonds. The van der Waals surface area contributed by atoms with E-state index in [2.05, 4.69) is 36.8 Å². The molecular weight excluding hydrogens is 192 g/mol. The molecule has 1 aromatic rings. The van der Waals surface area contributed by atoms with E-state index in [4.69, 9.17) is 0 Å². The molecule has 0 aliphatic rings. The van der Waals surface area contributed by atoms with Crippen LogP contribution in [0.25, 0.3) is 5.57 Å². The normalized spacial score (nSPS) is 12.8. The van der Waals surface area contributed by atoms with Crippen LogP contribution in [0.2, 0.25) is 0 Å². The van der Waals surface area contributed by atoms with Crippen molar-refractivity contribution >= 4 is 21.9 Å². The molecule has 0 aliphatic carbocycles. The molecule has 1 rings (SSSR count). The molecule has 0 aliphatic heterocycles. The zero-order valence-electron chi connectivity index (χ0n) is 9.21. The Morgan fingerprint density at radius 3 is 2.71 bits per heavy atom. The summed E-state index contributed by atoms with van der Waals surface area (Å²) in [5.74, 6) is 5.09. The first-order valence-electron chi connectivity index (χ1n) is 4.63. The minimum absolute atomic E-state index is 0.241. The Labute approximate surface area is 88.6 Å². The van der Waals surface area contributed by atoms with Gasteiger partial charge in [-0.1, -0.05) is 12.4 Å². The molecule has 0 saturated carbocycles. The third kappa shape index (κ3) is 2.84. The van der Waals surface area contributed by atoms with Gasteiger partial charge in [0.05, 0.1) is 5.69 Å². The summed E-state index contributed by atoms with van der Waals surface area (Å²) in [7, 11) is 0.241. The number of nitrogens with zero attached hydrogens (tertiary/aromatic N) is 2. The summed E-state index contributed by atoms with van der Waals surface area (Å²) in [5, 5.41) is 4.48. The maximum absolute atomic E-state index is 4.48. The molecule has 1 aromatic heterocycles. The lowest BCUT2D eigenvalue weighted by atomic mass is 10.2. The Morgan fingerprint density at radius 1 is 1.64 bits per heavy atom. The standard InChI is InChI=1S/C11H18N2S/c1-9(2)11-8-10(3)13(12-11)6-7-14(4)5/h8H,1,4,6-7H2,2-3,5H3. The highest BCUT2D eigenvalue weighted by Crippen LogP contribution is 2.12. The van der Waals surface area contributed by atoms with Crippen LogP contribution < -0.4 is 0 Å². The molecule has 0 bridgehead atoms. The van der Waals surface area contributed by atoms with Crippen molar-refractivity contribution in [3.8, 4) is 0 Å². The molecule has 3 heteroatoms. The van der Waals surface area contributed by atoms with Crippen LogP contribution in [0.5, 0.6) is 0 Å². The van der Waals surface area contributed by atoms with Crippen molar-refractivity contribution in [1.82, 2.24) is 9.78 Å². The first-order chi connectivity index (χ1) is 6.50. The van der Waals surface area contributed by atoms with E-state index < -0.39 is 0 Å². The van der Waals surface area contributed by atoms with Gasteiger partial charge >= 0.3 is 0 Å². The van der Waals surface area contributed by atoms with Gasteiger partial charge in [-0.25, -0.2) is 0 Å². The number of allylic oxidation sites excluding steroid dienone is 1. The van der Waals surface area contributed by atoms with Crippen molar-refractivity contribution in [2.75, 3.05) is 12.0 Å². The fraction of sp³-hybridized carbons (Fsp3) is 0.455. The van der Waals surface area contributed by atoms with Crippen LogP contribution in [-0.2, 0) is 6.54 Å². The summed E-state index contributed by atoms with van der Waals surface area (Å²) >= 11 is 0. The Kier molecular flexibility index (Phi) is 3.69. The SMILES string of the molecule is C=C(C)c1cc(C)n(CCS(=C)C)n1. The van der Waals surface area contributed by atoms with Crippen molar-refractivity contribution < 1.29 is 0 Å². The molecule has 1 heterocycles. The average molecular weight is 210 g/mol. The Hall–Kier alpha value is -0.830. The van der Waals surface area contributed by atoms with Gasteiger partial charge in [-0.2, -0.15) is 15.6 Å². The van der Waals surface area contributed by atoms with E-state index in [9.17, 15) is 0 Å². The number of aromatic nitrogens is 2. The first-order valence-corrected chi connectivity index (χ1v) is 6.60. The second-order valence-electron chi connectivity index (χ2n) is 3.66. The van der Waals surface area contributed by atoms with Crippen LogP contribution in [0.3, 0.4) is 0 Å². The topological polar surface area (TPSA) is 17.8 Å². The number of hydrogen-bond donors (Lipinski definition) is 0. The molecule has 1 unspecified atom stereocenters. The van der Waals surface area contributed by atoms with Crippen LogP contribution in [0.1, 0.15) is 18.3 Å². The Morgan fingerprint density at radius 2 is 2.29 bits per heavy atom. The molecule has 0 spiro atoms. The second kappa shape index (κ2) is 4.60. The maximum Gasteiger partial charge on any atom is 0.0876 e. The summed E-state index contributed by atoms with van der Waals surface area (Å²) < 4.78 is 2.04.